The molecule has 3 aromatic rings. The number of carboxylic acids is 2. The van der Waals surface area contributed by atoms with Crippen LogP contribution < -0.4 is 27.4 Å². The van der Waals surface area contributed by atoms with Crippen LogP contribution in [-0.2, 0) is 41.6 Å². The van der Waals surface area contributed by atoms with Gasteiger partial charge in [0.05, 0.1) is 18.9 Å². The molecule has 2 aromatic carbocycles. The summed E-state index contributed by atoms with van der Waals surface area (Å²) >= 11 is 0. The lowest BCUT2D eigenvalue weighted by atomic mass is 10.0. The zero-order valence-corrected chi connectivity index (χ0v) is 22.4. The van der Waals surface area contributed by atoms with Crippen molar-refractivity contribution in [3.05, 3.63) is 71.9 Å². The van der Waals surface area contributed by atoms with E-state index in [1.165, 1.54) is 0 Å². The molecule has 4 atom stereocenters. The van der Waals surface area contributed by atoms with Gasteiger partial charge in [-0.2, -0.15) is 0 Å². The van der Waals surface area contributed by atoms with Gasteiger partial charge in [-0.3, -0.25) is 24.0 Å². The second kappa shape index (κ2) is 14.4. The highest BCUT2D eigenvalue weighted by atomic mass is 16.4. The van der Waals surface area contributed by atoms with Gasteiger partial charge in [-0.05, 0) is 17.2 Å². The van der Waals surface area contributed by atoms with Gasteiger partial charge in [0, 0.05) is 29.9 Å². The second-order valence-electron chi connectivity index (χ2n) is 9.65. The van der Waals surface area contributed by atoms with Gasteiger partial charge in [-0.1, -0.05) is 48.5 Å². The van der Waals surface area contributed by atoms with Crippen LogP contribution in [0, 0.1) is 0 Å². The van der Waals surface area contributed by atoms with Gasteiger partial charge in [-0.15, -0.1) is 0 Å². The van der Waals surface area contributed by atoms with Crippen LogP contribution in [0.15, 0.2) is 60.8 Å². The lowest BCUT2D eigenvalue weighted by Crippen LogP contribution is -2.58. The average molecular weight is 581 g/mol. The van der Waals surface area contributed by atoms with Crippen LogP contribution in [0.1, 0.15) is 24.0 Å². The van der Waals surface area contributed by atoms with Crippen LogP contribution >= 0.6 is 0 Å². The van der Waals surface area contributed by atoms with E-state index in [1.54, 1.807) is 60.8 Å². The summed E-state index contributed by atoms with van der Waals surface area (Å²) in [5.74, 6) is -6.43. The van der Waals surface area contributed by atoms with Gasteiger partial charge in [0.2, 0.25) is 23.6 Å². The number of carboxylic acid groups (broad SMARTS) is 2. The Balaban J connectivity index is 1.83. The number of hydrogen-bond donors (Lipinski definition) is 8. The molecule has 0 fully saturated rings. The van der Waals surface area contributed by atoms with Crippen LogP contribution in [0.25, 0.3) is 10.9 Å². The van der Waals surface area contributed by atoms with Crippen molar-refractivity contribution in [1.82, 2.24) is 20.9 Å². The van der Waals surface area contributed by atoms with E-state index in [4.69, 9.17) is 16.6 Å². The minimum absolute atomic E-state index is 0.0696. The second-order valence-corrected chi connectivity index (χ2v) is 9.65. The number of primary amides is 1. The van der Waals surface area contributed by atoms with Crippen molar-refractivity contribution in [2.75, 3.05) is 0 Å². The number of rotatable bonds is 15. The Morgan fingerprint density at radius 1 is 0.738 bits per heavy atom. The fourth-order valence-corrected chi connectivity index (χ4v) is 4.29. The molecule has 14 heteroatoms. The molecule has 0 aliphatic heterocycles. The molecule has 0 saturated carbocycles. The van der Waals surface area contributed by atoms with Crippen LogP contribution in [-0.4, -0.2) is 74.9 Å². The quantitative estimate of drug-likeness (QED) is 0.112. The molecule has 1 aromatic heterocycles. The van der Waals surface area contributed by atoms with Gasteiger partial charge in [0.1, 0.15) is 18.1 Å². The largest absolute Gasteiger partial charge is 0.481 e. The standard InChI is InChI=1S/C28H32N6O8/c29-18(12-24(36)37)25(38)32-20(11-16-14-31-19-9-5-4-8-17(16)19)26(39)33-21(13-23(30)35)27(40)34-22(28(41)42)10-15-6-2-1-3-7-15/h1-9,14,18,20-22,31H,10-13,29H2,(H2,30,35)(H,32,38)(H,33,39)(H,34,40)(H,36,37)(H,41,42). The number of para-hydroxylation sites is 1. The maximum Gasteiger partial charge on any atom is 0.326 e. The van der Waals surface area contributed by atoms with Crippen LogP contribution in [0.3, 0.4) is 0 Å². The first-order valence-electron chi connectivity index (χ1n) is 12.9. The van der Waals surface area contributed by atoms with Gasteiger partial charge < -0.3 is 42.6 Å². The number of nitrogens with two attached hydrogens (primary N) is 2. The van der Waals surface area contributed by atoms with Crippen molar-refractivity contribution in [2.45, 2.75) is 49.9 Å². The molecule has 0 saturated heterocycles. The zero-order valence-electron chi connectivity index (χ0n) is 22.4. The number of nitrogens with one attached hydrogen (secondary N) is 4. The number of aliphatic carboxylic acids is 2. The number of amides is 4. The Morgan fingerprint density at radius 3 is 1.98 bits per heavy atom. The normalized spacial score (nSPS) is 13.7. The highest BCUT2D eigenvalue weighted by Crippen LogP contribution is 2.19. The van der Waals surface area contributed by atoms with Crippen molar-refractivity contribution in [2.24, 2.45) is 11.5 Å². The first kappa shape index (κ1) is 31.3. The van der Waals surface area contributed by atoms with Crippen molar-refractivity contribution in [3.8, 4) is 0 Å². The average Bonchev–Trinajstić information content (AvgIpc) is 3.34. The van der Waals surface area contributed by atoms with Gasteiger partial charge >= 0.3 is 11.9 Å². The van der Waals surface area contributed by atoms with E-state index in [0.717, 1.165) is 10.9 Å². The van der Waals surface area contributed by atoms with E-state index in [9.17, 15) is 33.9 Å². The summed E-state index contributed by atoms with van der Waals surface area (Å²) in [4.78, 5) is 77.0. The van der Waals surface area contributed by atoms with Gasteiger partial charge in [0.25, 0.3) is 0 Å². The minimum atomic E-state index is -1.58. The van der Waals surface area contributed by atoms with Crippen molar-refractivity contribution >= 4 is 46.5 Å². The fourth-order valence-electron chi connectivity index (χ4n) is 4.29. The van der Waals surface area contributed by atoms with Gasteiger partial charge in [-0.25, -0.2) is 4.79 Å². The Hall–Kier alpha value is -5.24. The molecule has 4 amide bonds. The van der Waals surface area contributed by atoms with Crippen molar-refractivity contribution in [1.29, 1.82) is 0 Å². The van der Waals surface area contributed by atoms with Crippen LogP contribution in [0.2, 0.25) is 0 Å². The maximum absolute atomic E-state index is 13.5. The van der Waals surface area contributed by atoms with E-state index in [2.05, 4.69) is 20.9 Å². The van der Waals surface area contributed by atoms with Crippen LogP contribution in [0.4, 0.5) is 0 Å². The number of fused-ring (bicyclic) bond motifs is 1. The lowest BCUT2D eigenvalue weighted by molar-refractivity contribution is -0.142. The lowest BCUT2D eigenvalue weighted by Gasteiger charge is -2.24. The van der Waals surface area contributed by atoms with E-state index >= 15 is 0 Å². The number of benzene rings is 2. The molecule has 10 N–H and O–H groups in total. The molecule has 42 heavy (non-hydrogen) atoms. The van der Waals surface area contributed by atoms with Crippen molar-refractivity contribution in [3.63, 3.8) is 0 Å². The minimum Gasteiger partial charge on any atom is -0.481 e. The molecule has 0 aliphatic carbocycles. The third kappa shape index (κ3) is 8.89. The number of hydrogen-bond acceptors (Lipinski definition) is 7. The summed E-state index contributed by atoms with van der Waals surface area (Å²) in [5.41, 5.74) is 13.0. The van der Waals surface area contributed by atoms with Crippen LogP contribution in [0.5, 0.6) is 0 Å². The third-order valence-corrected chi connectivity index (χ3v) is 6.40. The maximum atomic E-state index is 13.5. The molecule has 3 rings (SSSR count). The highest BCUT2D eigenvalue weighted by Gasteiger charge is 2.32. The summed E-state index contributed by atoms with van der Waals surface area (Å²) in [7, 11) is 0. The SMILES string of the molecule is NC(=O)CC(NC(=O)C(Cc1c[nH]c2ccccc12)NC(=O)C(N)CC(=O)O)C(=O)NC(Cc1ccccc1)C(=O)O. The summed E-state index contributed by atoms with van der Waals surface area (Å²) < 4.78 is 0. The predicted octanol–water partition coefficient (Wildman–Crippen LogP) is -0.830. The highest BCUT2D eigenvalue weighted by molar-refractivity contribution is 5.97. The summed E-state index contributed by atoms with van der Waals surface area (Å²) in [6.07, 6.45) is 0.0975. The summed E-state index contributed by atoms with van der Waals surface area (Å²) in [6, 6.07) is 9.88. The molecule has 0 aliphatic rings. The Kier molecular flexibility index (Phi) is 10.7. The first-order valence-corrected chi connectivity index (χ1v) is 12.9. The molecule has 0 bridgehead atoms. The topological polar surface area (TPSA) is 247 Å². The van der Waals surface area contributed by atoms with E-state index in [0.29, 0.717) is 11.1 Å². The first-order chi connectivity index (χ1) is 19.9. The zero-order chi connectivity index (χ0) is 30.8. The number of aromatic amines is 1. The number of H-pyrrole nitrogens is 1. The smallest absolute Gasteiger partial charge is 0.326 e. The van der Waals surface area contributed by atoms with E-state index < -0.39 is 72.6 Å². The number of carbonyl (C=O) groups is 6. The van der Waals surface area contributed by atoms with E-state index in [-0.39, 0.29) is 12.8 Å². The van der Waals surface area contributed by atoms with Crippen molar-refractivity contribution < 1.29 is 39.0 Å². The molecular formula is C28H32N6O8. The Morgan fingerprint density at radius 2 is 1.33 bits per heavy atom. The predicted molar refractivity (Wildman–Crippen MR) is 150 cm³/mol. The monoisotopic (exact) mass is 580 g/mol. The molecule has 0 spiro atoms. The molecule has 14 nitrogen and oxygen atoms in total. The molecule has 222 valence electrons. The third-order valence-electron chi connectivity index (χ3n) is 6.40. The Labute approximate surface area is 239 Å². The fraction of sp³-hybridized carbons (Fsp3) is 0.286. The molecular weight excluding hydrogens is 548 g/mol. The summed E-state index contributed by atoms with van der Waals surface area (Å²) in [5, 5.41) is 26.5. The molecule has 0 radical (unpaired) electrons. The molecule has 1 heterocycles. The Bertz CT molecular complexity index is 1460. The number of aromatic nitrogens is 1. The van der Waals surface area contributed by atoms with Gasteiger partial charge in [0.15, 0.2) is 0 Å². The van der Waals surface area contributed by atoms with E-state index in [1.807, 2.05) is 0 Å². The number of carbonyl (C=O) groups excluding carboxylic acids is 4. The summed E-state index contributed by atoms with van der Waals surface area (Å²) in [6.45, 7) is 0. The molecule has 4 unspecified atom stereocenters.